The highest BCUT2D eigenvalue weighted by atomic mass is 16.1. The van der Waals surface area contributed by atoms with Gasteiger partial charge >= 0.3 is 0 Å². The molecule has 0 spiro atoms. The van der Waals surface area contributed by atoms with E-state index in [0.717, 1.165) is 24.8 Å². The molecule has 0 saturated carbocycles. The molecule has 100 valence electrons. The minimum Gasteiger partial charge on any atom is -0.352 e. The van der Waals surface area contributed by atoms with Crippen LogP contribution >= 0.6 is 0 Å². The van der Waals surface area contributed by atoms with E-state index in [4.69, 9.17) is 5.73 Å². The van der Waals surface area contributed by atoms with Crippen molar-refractivity contribution in [2.45, 2.75) is 33.1 Å². The van der Waals surface area contributed by atoms with Crippen molar-refractivity contribution >= 4 is 5.91 Å². The van der Waals surface area contributed by atoms with Gasteiger partial charge in [0.05, 0.1) is 5.56 Å². The van der Waals surface area contributed by atoms with Crippen molar-refractivity contribution in [3.8, 4) is 0 Å². The zero-order valence-electron chi connectivity index (χ0n) is 11.3. The molecule has 4 heteroatoms. The predicted molar refractivity (Wildman–Crippen MR) is 73.4 cm³/mol. The summed E-state index contributed by atoms with van der Waals surface area (Å²) >= 11 is 0. The maximum atomic E-state index is 11.9. The minimum absolute atomic E-state index is 0.0516. The van der Waals surface area contributed by atoms with Crippen LogP contribution in [-0.4, -0.2) is 24.0 Å². The summed E-state index contributed by atoms with van der Waals surface area (Å²) in [5.41, 5.74) is 7.19. The molecule has 0 aromatic carbocycles. The smallest absolute Gasteiger partial charge is 0.252 e. The van der Waals surface area contributed by atoms with Crippen LogP contribution in [0.25, 0.3) is 0 Å². The number of nitrogens with one attached hydrogen (secondary N) is 1. The van der Waals surface area contributed by atoms with Gasteiger partial charge in [0, 0.05) is 18.9 Å². The first-order valence-electron chi connectivity index (χ1n) is 6.57. The summed E-state index contributed by atoms with van der Waals surface area (Å²) in [6.45, 7) is 5.44. The lowest BCUT2D eigenvalue weighted by Gasteiger charge is -2.15. The second kappa shape index (κ2) is 7.82. The lowest BCUT2D eigenvalue weighted by Crippen LogP contribution is -2.30. The number of rotatable bonds is 7. The summed E-state index contributed by atoms with van der Waals surface area (Å²) in [5, 5.41) is 2.96. The topological polar surface area (TPSA) is 68.0 Å². The van der Waals surface area contributed by atoms with Gasteiger partial charge in [-0.05, 0) is 43.9 Å². The highest BCUT2D eigenvalue weighted by Crippen LogP contribution is 2.09. The summed E-state index contributed by atoms with van der Waals surface area (Å²) in [5.74, 6) is 0.422. The standard InChI is InChI=1S/C14H23N3O/c1-3-4-12(5-6-15)9-17-14(18)13-7-11(2)8-16-10-13/h7-8,10,12H,3-6,9,15H2,1-2H3,(H,17,18). The van der Waals surface area contributed by atoms with Crippen molar-refractivity contribution in [2.75, 3.05) is 13.1 Å². The Bertz CT molecular complexity index is 373. The number of aryl methyl sites for hydroxylation is 1. The Kier molecular flexibility index (Phi) is 6.36. The van der Waals surface area contributed by atoms with E-state index in [2.05, 4.69) is 17.2 Å². The van der Waals surface area contributed by atoms with Crippen LogP contribution in [0.2, 0.25) is 0 Å². The average molecular weight is 249 g/mol. The van der Waals surface area contributed by atoms with Gasteiger partial charge in [0.2, 0.25) is 0 Å². The van der Waals surface area contributed by atoms with Gasteiger partial charge in [-0.1, -0.05) is 13.3 Å². The number of nitrogens with two attached hydrogens (primary N) is 1. The SMILES string of the molecule is CCCC(CCN)CNC(=O)c1cncc(C)c1. The first-order chi connectivity index (χ1) is 8.67. The van der Waals surface area contributed by atoms with Gasteiger partial charge in [-0.15, -0.1) is 0 Å². The van der Waals surface area contributed by atoms with Crippen molar-refractivity contribution in [2.24, 2.45) is 11.7 Å². The zero-order chi connectivity index (χ0) is 13.4. The van der Waals surface area contributed by atoms with E-state index in [1.807, 2.05) is 13.0 Å². The van der Waals surface area contributed by atoms with Gasteiger partial charge in [0.15, 0.2) is 0 Å². The fraction of sp³-hybridized carbons (Fsp3) is 0.571. The van der Waals surface area contributed by atoms with E-state index in [9.17, 15) is 4.79 Å². The number of aromatic nitrogens is 1. The van der Waals surface area contributed by atoms with E-state index in [1.54, 1.807) is 12.4 Å². The summed E-state index contributed by atoms with van der Waals surface area (Å²) in [4.78, 5) is 16.0. The van der Waals surface area contributed by atoms with Gasteiger partial charge in [0.1, 0.15) is 0 Å². The summed E-state index contributed by atoms with van der Waals surface area (Å²) in [6.07, 6.45) is 6.52. The molecule has 3 N–H and O–H groups in total. The number of carbonyl (C=O) groups is 1. The summed E-state index contributed by atoms with van der Waals surface area (Å²) in [7, 11) is 0. The largest absolute Gasteiger partial charge is 0.352 e. The third kappa shape index (κ3) is 4.84. The first kappa shape index (κ1) is 14.6. The van der Waals surface area contributed by atoms with Gasteiger partial charge in [-0.2, -0.15) is 0 Å². The Labute approximate surface area is 109 Å². The monoisotopic (exact) mass is 249 g/mol. The fourth-order valence-electron chi connectivity index (χ4n) is 2.01. The van der Waals surface area contributed by atoms with Crippen LogP contribution in [0.5, 0.6) is 0 Å². The molecule has 18 heavy (non-hydrogen) atoms. The molecule has 1 aromatic heterocycles. The van der Waals surface area contributed by atoms with E-state index in [0.29, 0.717) is 24.6 Å². The number of amides is 1. The summed E-state index contributed by atoms with van der Waals surface area (Å²) < 4.78 is 0. The Hall–Kier alpha value is -1.42. The van der Waals surface area contributed by atoms with Crippen LogP contribution < -0.4 is 11.1 Å². The van der Waals surface area contributed by atoms with Crippen LogP contribution in [0.15, 0.2) is 18.5 Å². The third-order valence-electron chi connectivity index (χ3n) is 2.96. The number of hydrogen-bond acceptors (Lipinski definition) is 3. The van der Waals surface area contributed by atoms with Crippen LogP contribution in [-0.2, 0) is 0 Å². The van der Waals surface area contributed by atoms with Gasteiger partial charge in [-0.25, -0.2) is 0 Å². The highest BCUT2D eigenvalue weighted by molar-refractivity contribution is 5.93. The molecule has 1 aromatic rings. The van der Waals surface area contributed by atoms with Crippen molar-refractivity contribution in [3.63, 3.8) is 0 Å². The molecule has 1 rings (SSSR count). The first-order valence-corrected chi connectivity index (χ1v) is 6.57. The normalized spacial score (nSPS) is 12.2. The lowest BCUT2D eigenvalue weighted by molar-refractivity contribution is 0.0945. The number of hydrogen-bond donors (Lipinski definition) is 2. The maximum Gasteiger partial charge on any atom is 0.252 e. The molecule has 0 radical (unpaired) electrons. The number of carbonyl (C=O) groups excluding carboxylic acids is 1. The van der Waals surface area contributed by atoms with Gasteiger partial charge < -0.3 is 11.1 Å². The number of pyridine rings is 1. The van der Waals surface area contributed by atoms with Crippen molar-refractivity contribution in [1.82, 2.24) is 10.3 Å². The molecule has 1 heterocycles. The molecule has 0 aliphatic carbocycles. The lowest BCUT2D eigenvalue weighted by atomic mass is 10.00. The Balaban J connectivity index is 2.49. The Morgan fingerprint density at radius 3 is 2.83 bits per heavy atom. The van der Waals surface area contributed by atoms with E-state index in [-0.39, 0.29) is 5.91 Å². The maximum absolute atomic E-state index is 11.9. The van der Waals surface area contributed by atoms with Crippen molar-refractivity contribution < 1.29 is 4.79 Å². The van der Waals surface area contributed by atoms with Crippen LogP contribution in [0.3, 0.4) is 0 Å². The highest BCUT2D eigenvalue weighted by Gasteiger charge is 2.10. The van der Waals surface area contributed by atoms with Crippen LogP contribution in [0, 0.1) is 12.8 Å². The molecule has 0 saturated heterocycles. The van der Waals surface area contributed by atoms with Crippen LogP contribution in [0.1, 0.15) is 42.1 Å². The van der Waals surface area contributed by atoms with Crippen molar-refractivity contribution in [3.05, 3.63) is 29.6 Å². The molecule has 1 unspecified atom stereocenters. The van der Waals surface area contributed by atoms with E-state index >= 15 is 0 Å². The molecular formula is C14H23N3O. The quantitative estimate of drug-likeness (QED) is 0.775. The molecule has 1 atom stereocenters. The predicted octanol–water partition coefficient (Wildman–Crippen LogP) is 1.88. The van der Waals surface area contributed by atoms with Crippen LogP contribution in [0.4, 0.5) is 0 Å². The van der Waals surface area contributed by atoms with Gasteiger partial charge in [0.25, 0.3) is 5.91 Å². The van der Waals surface area contributed by atoms with Crippen molar-refractivity contribution in [1.29, 1.82) is 0 Å². The minimum atomic E-state index is -0.0516. The second-order valence-corrected chi connectivity index (χ2v) is 4.69. The molecule has 0 aliphatic rings. The molecular weight excluding hydrogens is 226 g/mol. The molecule has 0 fully saturated rings. The number of nitrogens with zero attached hydrogens (tertiary/aromatic N) is 1. The van der Waals surface area contributed by atoms with E-state index < -0.39 is 0 Å². The fourth-order valence-corrected chi connectivity index (χ4v) is 2.01. The zero-order valence-corrected chi connectivity index (χ0v) is 11.3. The third-order valence-corrected chi connectivity index (χ3v) is 2.96. The average Bonchev–Trinajstić information content (AvgIpc) is 2.36. The Morgan fingerprint density at radius 2 is 2.22 bits per heavy atom. The molecule has 0 bridgehead atoms. The Morgan fingerprint density at radius 1 is 1.44 bits per heavy atom. The molecule has 4 nitrogen and oxygen atoms in total. The molecule has 1 amide bonds. The summed E-state index contributed by atoms with van der Waals surface area (Å²) in [6, 6.07) is 1.85. The van der Waals surface area contributed by atoms with E-state index in [1.165, 1.54) is 0 Å². The van der Waals surface area contributed by atoms with Gasteiger partial charge in [-0.3, -0.25) is 9.78 Å². The molecule has 0 aliphatic heterocycles. The second-order valence-electron chi connectivity index (χ2n) is 4.69.